The number of hydrogen-bond donors (Lipinski definition) is 1. The Morgan fingerprint density at radius 1 is 1.58 bits per heavy atom. The highest BCUT2D eigenvalue weighted by molar-refractivity contribution is 5.07. The van der Waals surface area contributed by atoms with Gasteiger partial charge >= 0.3 is 5.69 Å². The van der Waals surface area contributed by atoms with Crippen LogP contribution in [0.15, 0.2) is 15.7 Å². The van der Waals surface area contributed by atoms with Gasteiger partial charge in [0.2, 0.25) is 0 Å². The molecule has 1 aromatic heterocycles. The van der Waals surface area contributed by atoms with Crippen LogP contribution in [0, 0.1) is 0 Å². The van der Waals surface area contributed by atoms with Crippen LogP contribution in [0.1, 0.15) is 25.1 Å². The summed E-state index contributed by atoms with van der Waals surface area (Å²) in [5.41, 5.74) is 0.291. The third-order valence-corrected chi connectivity index (χ3v) is 2.32. The van der Waals surface area contributed by atoms with Crippen LogP contribution in [0.5, 0.6) is 0 Å². The normalized spacial score (nSPS) is 20.9. The van der Waals surface area contributed by atoms with Gasteiger partial charge in [-0.3, -0.25) is 14.3 Å². The Hall–Kier alpha value is -1.32. The van der Waals surface area contributed by atoms with Gasteiger partial charge in [-0.1, -0.05) is 0 Å². The summed E-state index contributed by atoms with van der Waals surface area (Å²) in [7, 11) is 0. The van der Waals surface area contributed by atoms with Gasteiger partial charge in [-0.25, -0.2) is 4.79 Å². The predicted octanol–water partition coefficient (Wildman–Crippen LogP) is 0.0438. The molecule has 0 amide bonds. The summed E-state index contributed by atoms with van der Waals surface area (Å²) in [4.78, 5) is 24.4. The van der Waals surface area contributed by atoms with Crippen molar-refractivity contribution in [3.05, 3.63) is 32.6 Å². The maximum atomic E-state index is 11.2. The molecule has 1 atom stereocenters. The van der Waals surface area contributed by atoms with E-state index < -0.39 is 0 Å². The smallest absolute Gasteiger partial charge is 0.295 e. The number of nitrogens with one attached hydrogen (secondary N) is 1. The van der Waals surface area contributed by atoms with E-state index in [1.807, 2.05) is 6.92 Å². The van der Waals surface area contributed by atoms with E-state index in [1.54, 1.807) is 4.57 Å². The molecule has 1 aromatic rings. The van der Waals surface area contributed by atoms with E-state index in [9.17, 15) is 9.59 Å². The van der Waals surface area contributed by atoms with Crippen LogP contribution in [-0.4, -0.2) is 9.55 Å². The van der Waals surface area contributed by atoms with E-state index in [0.29, 0.717) is 0 Å². The largest absolute Gasteiger partial charge is 0.328 e. The number of hydrogen-bond acceptors (Lipinski definition) is 2. The number of H-pyrrole nitrogens is 1. The van der Waals surface area contributed by atoms with Crippen LogP contribution < -0.4 is 11.2 Å². The zero-order valence-electron chi connectivity index (χ0n) is 6.83. The van der Waals surface area contributed by atoms with Gasteiger partial charge in [0.1, 0.15) is 0 Å². The molecule has 64 valence electrons. The molecule has 0 bridgehead atoms. The molecule has 0 spiro atoms. The number of nitrogens with zero attached hydrogens (tertiary/aromatic N) is 1. The van der Waals surface area contributed by atoms with E-state index in [1.165, 1.54) is 6.07 Å². The lowest BCUT2D eigenvalue weighted by molar-refractivity contribution is 0.550. The second-order valence-electron chi connectivity index (χ2n) is 3.19. The van der Waals surface area contributed by atoms with Crippen molar-refractivity contribution in [2.75, 3.05) is 0 Å². The highest BCUT2D eigenvalue weighted by atomic mass is 16.2. The maximum absolute atomic E-state index is 11.2. The fraction of sp³-hybridized carbons (Fsp3) is 0.500. The Bertz CT molecular complexity index is 416. The molecule has 0 aliphatic carbocycles. The van der Waals surface area contributed by atoms with E-state index in [2.05, 4.69) is 4.98 Å². The van der Waals surface area contributed by atoms with E-state index >= 15 is 0 Å². The van der Waals surface area contributed by atoms with Crippen LogP contribution in [0.3, 0.4) is 0 Å². The Labute approximate surface area is 68.9 Å². The molecule has 1 aliphatic rings. The number of aryl methyl sites for hydroxylation is 1. The Balaban J connectivity index is 2.77. The van der Waals surface area contributed by atoms with Crippen molar-refractivity contribution in [3.63, 3.8) is 0 Å². The van der Waals surface area contributed by atoms with Gasteiger partial charge in [0.15, 0.2) is 0 Å². The van der Waals surface area contributed by atoms with Gasteiger partial charge in [-0.2, -0.15) is 0 Å². The summed E-state index contributed by atoms with van der Waals surface area (Å²) in [5.74, 6) is 0. The van der Waals surface area contributed by atoms with Crippen molar-refractivity contribution in [1.82, 2.24) is 9.55 Å². The molecule has 1 aliphatic heterocycles. The van der Waals surface area contributed by atoms with Crippen LogP contribution in [0.4, 0.5) is 0 Å². The van der Waals surface area contributed by atoms with Gasteiger partial charge in [0, 0.05) is 17.8 Å². The first-order valence-electron chi connectivity index (χ1n) is 4.03. The lowest BCUT2D eigenvalue weighted by Crippen LogP contribution is -2.30. The number of aromatic amines is 1. The zero-order valence-corrected chi connectivity index (χ0v) is 6.83. The Morgan fingerprint density at radius 3 is 3.08 bits per heavy atom. The molecule has 0 saturated heterocycles. The summed E-state index contributed by atoms with van der Waals surface area (Å²) in [6.45, 7) is 1.98. The third-order valence-electron chi connectivity index (χ3n) is 2.32. The molecular weight excluding hydrogens is 156 g/mol. The summed E-state index contributed by atoms with van der Waals surface area (Å²) >= 11 is 0. The van der Waals surface area contributed by atoms with E-state index in [4.69, 9.17) is 0 Å². The standard InChI is InChI=1S/C8H10N2O2/c1-5-2-3-6-4-7(11)9-8(12)10(5)6/h4-5H,2-3H2,1H3,(H,9,11,12). The number of fused-ring (bicyclic) bond motifs is 1. The minimum atomic E-state index is -0.291. The van der Waals surface area contributed by atoms with Gasteiger partial charge in [-0.15, -0.1) is 0 Å². The van der Waals surface area contributed by atoms with Gasteiger partial charge in [0.25, 0.3) is 5.56 Å². The monoisotopic (exact) mass is 166 g/mol. The summed E-state index contributed by atoms with van der Waals surface area (Å²) in [5, 5.41) is 0. The number of rotatable bonds is 0. The molecule has 12 heavy (non-hydrogen) atoms. The highest BCUT2D eigenvalue weighted by Gasteiger charge is 2.19. The van der Waals surface area contributed by atoms with Gasteiger partial charge in [0.05, 0.1) is 0 Å². The van der Waals surface area contributed by atoms with Crippen molar-refractivity contribution < 1.29 is 0 Å². The lowest BCUT2D eigenvalue weighted by Gasteiger charge is -2.06. The second kappa shape index (κ2) is 2.33. The molecule has 2 heterocycles. The van der Waals surface area contributed by atoms with Crippen LogP contribution >= 0.6 is 0 Å². The van der Waals surface area contributed by atoms with Gasteiger partial charge < -0.3 is 0 Å². The number of aromatic nitrogens is 2. The third kappa shape index (κ3) is 0.913. The average Bonchev–Trinajstić information content (AvgIpc) is 2.31. The first kappa shape index (κ1) is 7.34. The molecule has 4 heteroatoms. The highest BCUT2D eigenvalue weighted by Crippen LogP contribution is 2.20. The van der Waals surface area contributed by atoms with E-state index in [0.717, 1.165) is 18.5 Å². The molecule has 0 fully saturated rings. The molecule has 0 saturated carbocycles. The first-order chi connectivity index (χ1) is 5.68. The summed E-state index contributed by atoms with van der Waals surface area (Å²) in [6, 6.07) is 1.73. The first-order valence-corrected chi connectivity index (χ1v) is 4.03. The molecular formula is C8H10N2O2. The minimum Gasteiger partial charge on any atom is -0.295 e. The van der Waals surface area contributed by atoms with Crippen LogP contribution in [0.25, 0.3) is 0 Å². The molecule has 2 rings (SSSR count). The fourth-order valence-corrected chi connectivity index (χ4v) is 1.71. The van der Waals surface area contributed by atoms with Crippen LogP contribution in [0.2, 0.25) is 0 Å². The Kier molecular flexibility index (Phi) is 1.43. The van der Waals surface area contributed by atoms with Crippen molar-refractivity contribution in [2.45, 2.75) is 25.8 Å². The molecule has 0 radical (unpaired) electrons. The summed E-state index contributed by atoms with van der Waals surface area (Å²) in [6.07, 6.45) is 1.78. The quantitative estimate of drug-likeness (QED) is 0.591. The van der Waals surface area contributed by atoms with Crippen molar-refractivity contribution in [2.24, 2.45) is 0 Å². The van der Waals surface area contributed by atoms with Crippen LogP contribution in [-0.2, 0) is 6.42 Å². The topological polar surface area (TPSA) is 54.9 Å². The van der Waals surface area contributed by atoms with Gasteiger partial charge in [-0.05, 0) is 19.8 Å². The predicted molar refractivity (Wildman–Crippen MR) is 44.4 cm³/mol. The van der Waals surface area contributed by atoms with Crippen molar-refractivity contribution in [1.29, 1.82) is 0 Å². The minimum absolute atomic E-state index is 0.226. The van der Waals surface area contributed by atoms with Crippen molar-refractivity contribution >= 4 is 0 Å². The summed E-state index contributed by atoms with van der Waals surface area (Å²) < 4.78 is 1.65. The molecule has 4 nitrogen and oxygen atoms in total. The fourth-order valence-electron chi connectivity index (χ4n) is 1.71. The van der Waals surface area contributed by atoms with E-state index in [-0.39, 0.29) is 17.3 Å². The second-order valence-corrected chi connectivity index (χ2v) is 3.19. The van der Waals surface area contributed by atoms with Crippen molar-refractivity contribution in [3.8, 4) is 0 Å². The SMILES string of the molecule is CC1CCc2cc(=O)[nH]c(=O)n21. The lowest BCUT2D eigenvalue weighted by atomic mass is 10.2. The maximum Gasteiger partial charge on any atom is 0.328 e. The average molecular weight is 166 g/mol. The zero-order chi connectivity index (χ0) is 8.72. The molecule has 1 N–H and O–H groups in total. The molecule has 1 unspecified atom stereocenters. The Morgan fingerprint density at radius 2 is 2.33 bits per heavy atom. The molecule has 0 aromatic carbocycles.